The molecule has 24 heavy (non-hydrogen) atoms. The van der Waals surface area contributed by atoms with Crippen molar-refractivity contribution in [3.05, 3.63) is 35.4 Å². The van der Waals surface area contributed by atoms with E-state index in [0.29, 0.717) is 6.42 Å². The second kappa shape index (κ2) is 7.02. The highest BCUT2D eigenvalue weighted by molar-refractivity contribution is 6.03. The summed E-state index contributed by atoms with van der Waals surface area (Å²) in [5.41, 5.74) is 0.886. The van der Waals surface area contributed by atoms with Gasteiger partial charge < -0.3 is 4.90 Å². The fraction of sp³-hybridized carbons (Fsp3) is 0.438. The number of hydrogen-bond acceptors (Lipinski definition) is 3. The van der Waals surface area contributed by atoms with Crippen molar-refractivity contribution < 1.29 is 27.6 Å². The molecule has 1 saturated heterocycles. The van der Waals surface area contributed by atoms with E-state index in [-0.39, 0.29) is 30.3 Å². The van der Waals surface area contributed by atoms with E-state index in [0.717, 1.165) is 10.5 Å². The molecule has 0 spiro atoms. The van der Waals surface area contributed by atoms with Crippen LogP contribution in [0.3, 0.4) is 0 Å². The van der Waals surface area contributed by atoms with Crippen LogP contribution in [-0.4, -0.2) is 41.9 Å². The molecule has 0 radical (unpaired) electrons. The molecule has 0 bridgehead atoms. The summed E-state index contributed by atoms with van der Waals surface area (Å²) in [4.78, 5) is 35.5. The minimum absolute atomic E-state index is 0.0511. The topological polar surface area (TPSA) is 66.5 Å². The lowest BCUT2D eigenvalue weighted by Gasteiger charge is -2.22. The van der Waals surface area contributed by atoms with Crippen molar-refractivity contribution in [1.29, 1.82) is 0 Å². The van der Waals surface area contributed by atoms with E-state index in [1.807, 2.05) is 0 Å². The lowest BCUT2D eigenvalue weighted by molar-refractivity contribution is -0.140. The van der Waals surface area contributed by atoms with Crippen molar-refractivity contribution in [3.8, 4) is 0 Å². The monoisotopic (exact) mass is 342 g/mol. The molecule has 1 aliphatic rings. The number of carbonyl (C=O) groups is 3. The van der Waals surface area contributed by atoms with Gasteiger partial charge in [0.2, 0.25) is 11.8 Å². The van der Waals surface area contributed by atoms with E-state index in [4.69, 9.17) is 0 Å². The molecule has 1 aromatic carbocycles. The molecular formula is C16H17F3N2O3. The third-order valence-corrected chi connectivity index (χ3v) is 3.79. The first kappa shape index (κ1) is 18.0. The van der Waals surface area contributed by atoms with Gasteiger partial charge in [0.15, 0.2) is 0 Å². The molecule has 3 amide bonds. The third kappa shape index (κ3) is 4.56. The first-order valence-electron chi connectivity index (χ1n) is 7.48. The molecule has 1 aromatic rings. The standard InChI is InChI=1S/C16H17F3N2O3/c1-2-21(9-16(17,18)19)15(24)11-5-3-10(4-6-11)7-12-8-13(22)20-14(12)23/h3-6,12H,2,7-9H2,1H3,(H,20,22,23)/t12-/m1/s1. The first-order valence-corrected chi connectivity index (χ1v) is 7.48. The Morgan fingerprint density at radius 2 is 1.88 bits per heavy atom. The van der Waals surface area contributed by atoms with E-state index >= 15 is 0 Å². The SMILES string of the molecule is CCN(CC(F)(F)F)C(=O)c1ccc(C[C@@H]2CC(=O)NC2=O)cc1. The van der Waals surface area contributed by atoms with Crippen molar-refractivity contribution in [1.82, 2.24) is 10.2 Å². The maximum absolute atomic E-state index is 12.5. The van der Waals surface area contributed by atoms with Crippen LogP contribution in [0.4, 0.5) is 13.2 Å². The number of imide groups is 1. The van der Waals surface area contributed by atoms with Crippen LogP contribution >= 0.6 is 0 Å². The van der Waals surface area contributed by atoms with Gasteiger partial charge in [0, 0.05) is 18.5 Å². The molecule has 0 saturated carbocycles. The van der Waals surface area contributed by atoms with Crippen LogP contribution in [0.1, 0.15) is 29.3 Å². The lowest BCUT2D eigenvalue weighted by Crippen LogP contribution is -2.38. The van der Waals surface area contributed by atoms with Gasteiger partial charge in [-0.05, 0) is 31.0 Å². The number of halogens is 3. The van der Waals surface area contributed by atoms with Crippen molar-refractivity contribution in [2.24, 2.45) is 5.92 Å². The molecule has 130 valence electrons. The Bertz CT molecular complexity index is 641. The molecule has 5 nitrogen and oxygen atoms in total. The van der Waals surface area contributed by atoms with Gasteiger partial charge in [-0.1, -0.05) is 12.1 Å². The predicted octanol–water partition coefficient (Wildman–Crippen LogP) is 1.92. The number of benzene rings is 1. The Morgan fingerprint density at radius 3 is 2.33 bits per heavy atom. The van der Waals surface area contributed by atoms with E-state index in [2.05, 4.69) is 5.32 Å². The Labute approximate surface area is 136 Å². The minimum atomic E-state index is -4.45. The molecule has 0 unspecified atom stereocenters. The second-order valence-electron chi connectivity index (χ2n) is 5.65. The smallest absolute Gasteiger partial charge is 0.330 e. The Balaban J connectivity index is 2.04. The van der Waals surface area contributed by atoms with Crippen molar-refractivity contribution in [2.45, 2.75) is 25.9 Å². The molecule has 8 heteroatoms. The van der Waals surface area contributed by atoms with Gasteiger partial charge in [-0.3, -0.25) is 19.7 Å². The van der Waals surface area contributed by atoms with Crippen LogP contribution in [-0.2, 0) is 16.0 Å². The van der Waals surface area contributed by atoms with Gasteiger partial charge in [-0.15, -0.1) is 0 Å². The van der Waals surface area contributed by atoms with E-state index in [9.17, 15) is 27.6 Å². The number of carbonyl (C=O) groups excluding carboxylic acids is 3. The molecule has 1 fully saturated rings. The average Bonchev–Trinajstić information content (AvgIpc) is 2.81. The first-order chi connectivity index (χ1) is 11.2. The molecule has 1 aliphatic heterocycles. The maximum Gasteiger partial charge on any atom is 0.406 e. The summed E-state index contributed by atoms with van der Waals surface area (Å²) in [6.07, 6.45) is -3.99. The highest BCUT2D eigenvalue weighted by atomic mass is 19.4. The zero-order valence-electron chi connectivity index (χ0n) is 13.0. The van der Waals surface area contributed by atoms with Crippen molar-refractivity contribution >= 4 is 17.7 Å². The predicted molar refractivity (Wildman–Crippen MR) is 79.0 cm³/mol. The zero-order chi connectivity index (χ0) is 17.9. The number of alkyl halides is 3. The van der Waals surface area contributed by atoms with Gasteiger partial charge in [-0.2, -0.15) is 13.2 Å². The van der Waals surface area contributed by atoms with Gasteiger partial charge >= 0.3 is 6.18 Å². The third-order valence-electron chi connectivity index (χ3n) is 3.79. The lowest BCUT2D eigenvalue weighted by atomic mass is 9.97. The van der Waals surface area contributed by atoms with Gasteiger partial charge in [0.05, 0.1) is 5.92 Å². The van der Waals surface area contributed by atoms with E-state index in [1.165, 1.54) is 19.1 Å². The molecule has 2 rings (SSSR count). The normalized spacial score (nSPS) is 17.8. The summed E-state index contributed by atoms with van der Waals surface area (Å²) in [7, 11) is 0. The summed E-state index contributed by atoms with van der Waals surface area (Å²) in [6, 6.07) is 6.05. The highest BCUT2D eigenvalue weighted by Gasteiger charge is 2.33. The van der Waals surface area contributed by atoms with Crippen LogP contribution < -0.4 is 5.32 Å². The van der Waals surface area contributed by atoms with Gasteiger partial charge in [0.1, 0.15) is 6.54 Å². The minimum Gasteiger partial charge on any atom is -0.330 e. The maximum atomic E-state index is 12.5. The van der Waals surface area contributed by atoms with Crippen LogP contribution in [0, 0.1) is 5.92 Å². The van der Waals surface area contributed by atoms with Gasteiger partial charge in [-0.25, -0.2) is 0 Å². The number of hydrogen-bond donors (Lipinski definition) is 1. The molecule has 0 aromatic heterocycles. The number of amides is 3. The fourth-order valence-corrected chi connectivity index (χ4v) is 2.57. The average molecular weight is 342 g/mol. The quantitative estimate of drug-likeness (QED) is 0.832. The largest absolute Gasteiger partial charge is 0.406 e. The second-order valence-corrected chi connectivity index (χ2v) is 5.65. The molecule has 0 aliphatic carbocycles. The summed E-state index contributed by atoms with van der Waals surface area (Å²) in [5, 5.41) is 2.22. The molecule has 1 N–H and O–H groups in total. The van der Waals surface area contributed by atoms with Crippen LogP contribution in [0.15, 0.2) is 24.3 Å². The van der Waals surface area contributed by atoms with Crippen molar-refractivity contribution in [2.75, 3.05) is 13.1 Å². The number of nitrogens with zero attached hydrogens (tertiary/aromatic N) is 1. The van der Waals surface area contributed by atoms with Crippen molar-refractivity contribution in [3.63, 3.8) is 0 Å². The summed E-state index contributed by atoms with van der Waals surface area (Å²) in [5.74, 6) is -1.79. The van der Waals surface area contributed by atoms with E-state index < -0.39 is 24.5 Å². The van der Waals surface area contributed by atoms with Crippen LogP contribution in [0.2, 0.25) is 0 Å². The highest BCUT2D eigenvalue weighted by Crippen LogP contribution is 2.20. The van der Waals surface area contributed by atoms with Gasteiger partial charge in [0.25, 0.3) is 5.91 Å². The Hall–Kier alpha value is -2.38. The number of rotatable bonds is 5. The molecular weight excluding hydrogens is 325 g/mol. The van der Waals surface area contributed by atoms with Crippen LogP contribution in [0.5, 0.6) is 0 Å². The Morgan fingerprint density at radius 1 is 1.25 bits per heavy atom. The fourth-order valence-electron chi connectivity index (χ4n) is 2.57. The summed E-state index contributed by atoms with van der Waals surface area (Å²) < 4.78 is 37.4. The number of nitrogens with one attached hydrogen (secondary N) is 1. The molecule has 1 atom stereocenters. The van der Waals surface area contributed by atoms with E-state index in [1.54, 1.807) is 12.1 Å². The Kier molecular flexibility index (Phi) is 5.26. The summed E-state index contributed by atoms with van der Waals surface area (Å²) in [6.45, 7) is 0.132. The molecule has 1 heterocycles. The van der Waals surface area contributed by atoms with Crippen LogP contribution in [0.25, 0.3) is 0 Å². The summed E-state index contributed by atoms with van der Waals surface area (Å²) >= 11 is 0. The zero-order valence-corrected chi connectivity index (χ0v) is 13.0.